The van der Waals surface area contributed by atoms with E-state index in [1.165, 1.54) is 6.07 Å². The summed E-state index contributed by atoms with van der Waals surface area (Å²) in [4.78, 5) is 4.67. The maximum Gasteiger partial charge on any atom is 0.387 e. The predicted octanol–water partition coefficient (Wildman–Crippen LogP) is 3.88. The van der Waals surface area contributed by atoms with Crippen molar-refractivity contribution in [3.05, 3.63) is 34.7 Å². The van der Waals surface area contributed by atoms with Crippen LogP contribution in [-0.2, 0) is 0 Å². The van der Waals surface area contributed by atoms with Crippen LogP contribution in [0.25, 0.3) is 11.3 Å². The lowest BCUT2D eigenvalue weighted by Crippen LogP contribution is -2.26. The maximum absolute atomic E-state index is 12.3. The molecule has 2 heterocycles. The van der Waals surface area contributed by atoms with E-state index in [9.17, 15) is 8.78 Å². The smallest absolute Gasteiger partial charge is 0.387 e. The quantitative estimate of drug-likeness (QED) is 0.930. The van der Waals surface area contributed by atoms with E-state index in [0.717, 1.165) is 42.2 Å². The first-order valence-electron chi connectivity index (χ1n) is 6.94. The number of nitrogens with zero attached hydrogens (tertiary/aromatic N) is 1. The van der Waals surface area contributed by atoms with Crippen LogP contribution in [0, 0.1) is 0 Å². The fraction of sp³-hybridized carbons (Fsp3) is 0.400. The molecule has 0 bridgehead atoms. The minimum absolute atomic E-state index is 0.166. The van der Waals surface area contributed by atoms with Crippen molar-refractivity contribution in [1.82, 2.24) is 10.3 Å². The number of ether oxygens (including phenoxy) is 1. The molecule has 112 valence electrons. The Morgan fingerprint density at radius 2 is 2.10 bits per heavy atom. The van der Waals surface area contributed by atoms with Gasteiger partial charge in [0.1, 0.15) is 5.75 Å². The molecule has 0 spiro atoms. The average molecular weight is 310 g/mol. The Balaban J connectivity index is 1.79. The van der Waals surface area contributed by atoms with Crippen LogP contribution in [0.4, 0.5) is 8.78 Å². The number of alkyl halides is 2. The first-order valence-corrected chi connectivity index (χ1v) is 7.82. The number of benzene rings is 1. The number of thiazole rings is 1. The van der Waals surface area contributed by atoms with E-state index >= 15 is 0 Å². The van der Waals surface area contributed by atoms with Gasteiger partial charge in [0.15, 0.2) is 0 Å². The molecule has 1 fully saturated rings. The zero-order valence-corrected chi connectivity index (χ0v) is 12.2. The number of halogens is 2. The molecule has 1 aromatic heterocycles. The molecule has 1 aliphatic heterocycles. The van der Waals surface area contributed by atoms with Crippen LogP contribution in [0.3, 0.4) is 0 Å². The number of nitrogens with one attached hydrogen (secondary N) is 1. The molecule has 3 rings (SSSR count). The summed E-state index contributed by atoms with van der Waals surface area (Å²) in [5, 5.41) is 6.45. The summed E-state index contributed by atoms with van der Waals surface area (Å²) in [7, 11) is 0. The number of rotatable bonds is 4. The first kappa shape index (κ1) is 14.4. The van der Waals surface area contributed by atoms with Crippen molar-refractivity contribution < 1.29 is 13.5 Å². The van der Waals surface area contributed by atoms with E-state index in [1.54, 1.807) is 23.5 Å². The van der Waals surface area contributed by atoms with Gasteiger partial charge < -0.3 is 10.1 Å². The van der Waals surface area contributed by atoms with Gasteiger partial charge in [-0.05, 0) is 38.1 Å². The van der Waals surface area contributed by atoms with Crippen molar-refractivity contribution in [1.29, 1.82) is 0 Å². The van der Waals surface area contributed by atoms with Crippen molar-refractivity contribution in [3.8, 4) is 17.0 Å². The third-order valence-electron chi connectivity index (χ3n) is 3.57. The fourth-order valence-electron chi connectivity index (χ4n) is 2.51. The Morgan fingerprint density at radius 1 is 1.29 bits per heavy atom. The average Bonchev–Trinajstić information content (AvgIpc) is 2.98. The van der Waals surface area contributed by atoms with Gasteiger partial charge in [0.2, 0.25) is 0 Å². The normalized spacial score (nSPS) is 16.3. The molecule has 0 radical (unpaired) electrons. The molecule has 0 aliphatic carbocycles. The summed E-state index contributed by atoms with van der Waals surface area (Å²) in [5.74, 6) is 0.671. The predicted molar refractivity (Wildman–Crippen MR) is 79.0 cm³/mol. The summed E-state index contributed by atoms with van der Waals surface area (Å²) in [5.41, 5.74) is 1.64. The number of aromatic nitrogens is 1. The van der Waals surface area contributed by atoms with Crippen LogP contribution >= 0.6 is 11.3 Å². The Labute approximate surface area is 126 Å². The molecule has 0 saturated carbocycles. The van der Waals surface area contributed by atoms with E-state index in [0.29, 0.717) is 5.92 Å². The molecule has 0 unspecified atom stereocenters. The van der Waals surface area contributed by atoms with E-state index in [4.69, 9.17) is 0 Å². The highest BCUT2D eigenvalue weighted by Gasteiger charge is 2.19. The number of hydrogen-bond donors (Lipinski definition) is 1. The molecule has 2 aromatic rings. The number of hydrogen-bond acceptors (Lipinski definition) is 4. The third-order valence-corrected chi connectivity index (χ3v) is 4.57. The molecule has 0 amide bonds. The molecule has 3 nitrogen and oxygen atoms in total. The number of piperidine rings is 1. The SMILES string of the molecule is FC(F)Oc1cccc(-c2csc(C3CCNCC3)n2)c1. The molecule has 1 aromatic carbocycles. The maximum atomic E-state index is 12.3. The zero-order valence-electron chi connectivity index (χ0n) is 11.4. The van der Waals surface area contributed by atoms with Crippen LogP contribution in [0.15, 0.2) is 29.6 Å². The van der Waals surface area contributed by atoms with Crippen LogP contribution in [0.2, 0.25) is 0 Å². The second kappa shape index (κ2) is 6.49. The Kier molecular flexibility index (Phi) is 4.45. The van der Waals surface area contributed by atoms with Gasteiger partial charge in [-0.15, -0.1) is 11.3 Å². The standard InChI is InChI=1S/C15H16F2N2OS/c16-15(17)20-12-3-1-2-11(8-12)13-9-21-14(19-13)10-4-6-18-7-5-10/h1-3,8-10,15,18H,4-7H2. The lowest BCUT2D eigenvalue weighted by molar-refractivity contribution is -0.0498. The Morgan fingerprint density at radius 3 is 2.86 bits per heavy atom. The largest absolute Gasteiger partial charge is 0.435 e. The lowest BCUT2D eigenvalue weighted by Gasteiger charge is -2.20. The second-order valence-electron chi connectivity index (χ2n) is 5.00. The van der Waals surface area contributed by atoms with E-state index in [1.807, 2.05) is 11.4 Å². The summed E-state index contributed by atoms with van der Waals surface area (Å²) >= 11 is 1.64. The van der Waals surface area contributed by atoms with Crippen molar-refractivity contribution in [2.75, 3.05) is 13.1 Å². The van der Waals surface area contributed by atoms with Gasteiger partial charge in [0.05, 0.1) is 10.7 Å². The van der Waals surface area contributed by atoms with Gasteiger partial charge in [-0.3, -0.25) is 0 Å². The van der Waals surface area contributed by atoms with Gasteiger partial charge in [0, 0.05) is 16.9 Å². The van der Waals surface area contributed by atoms with Crippen LogP contribution < -0.4 is 10.1 Å². The van der Waals surface area contributed by atoms with Crippen LogP contribution in [0.5, 0.6) is 5.75 Å². The highest BCUT2D eigenvalue weighted by molar-refractivity contribution is 7.10. The van der Waals surface area contributed by atoms with Crippen molar-refractivity contribution in [2.45, 2.75) is 25.4 Å². The molecule has 21 heavy (non-hydrogen) atoms. The third kappa shape index (κ3) is 3.57. The summed E-state index contributed by atoms with van der Waals surface area (Å²) in [6.45, 7) is -0.754. The van der Waals surface area contributed by atoms with Crippen LogP contribution in [-0.4, -0.2) is 24.7 Å². The van der Waals surface area contributed by atoms with Gasteiger partial charge in [-0.25, -0.2) is 4.98 Å². The van der Waals surface area contributed by atoms with Gasteiger partial charge >= 0.3 is 6.61 Å². The minimum Gasteiger partial charge on any atom is -0.435 e. The lowest BCUT2D eigenvalue weighted by atomic mass is 9.99. The molecule has 1 aliphatic rings. The Hall–Kier alpha value is -1.53. The molecular weight excluding hydrogens is 294 g/mol. The molecule has 6 heteroatoms. The van der Waals surface area contributed by atoms with Crippen molar-refractivity contribution >= 4 is 11.3 Å². The summed E-state index contributed by atoms with van der Waals surface area (Å²) < 4.78 is 29.0. The first-order chi connectivity index (χ1) is 10.2. The van der Waals surface area contributed by atoms with E-state index < -0.39 is 6.61 Å². The summed E-state index contributed by atoms with van der Waals surface area (Å²) in [6.07, 6.45) is 2.20. The highest BCUT2D eigenvalue weighted by atomic mass is 32.1. The Bertz CT molecular complexity index is 597. The fourth-order valence-corrected chi connectivity index (χ4v) is 3.51. The van der Waals surface area contributed by atoms with E-state index in [2.05, 4.69) is 15.0 Å². The van der Waals surface area contributed by atoms with E-state index in [-0.39, 0.29) is 5.75 Å². The molecular formula is C15H16F2N2OS. The zero-order chi connectivity index (χ0) is 14.7. The topological polar surface area (TPSA) is 34.1 Å². The highest BCUT2D eigenvalue weighted by Crippen LogP contribution is 2.32. The van der Waals surface area contributed by atoms with Crippen LogP contribution in [0.1, 0.15) is 23.8 Å². The van der Waals surface area contributed by atoms with Gasteiger partial charge in [-0.1, -0.05) is 12.1 Å². The van der Waals surface area contributed by atoms with Gasteiger partial charge in [0.25, 0.3) is 0 Å². The van der Waals surface area contributed by atoms with Crippen molar-refractivity contribution in [3.63, 3.8) is 0 Å². The molecule has 1 N–H and O–H groups in total. The monoisotopic (exact) mass is 310 g/mol. The molecule has 0 atom stereocenters. The summed E-state index contributed by atoms with van der Waals surface area (Å²) in [6, 6.07) is 6.69. The minimum atomic E-state index is -2.80. The van der Waals surface area contributed by atoms with Crippen molar-refractivity contribution in [2.24, 2.45) is 0 Å². The second-order valence-corrected chi connectivity index (χ2v) is 5.89. The molecule has 1 saturated heterocycles. The van der Waals surface area contributed by atoms with Gasteiger partial charge in [-0.2, -0.15) is 8.78 Å².